The van der Waals surface area contributed by atoms with Crippen molar-refractivity contribution in [1.29, 1.82) is 0 Å². The van der Waals surface area contributed by atoms with Crippen molar-refractivity contribution in [2.75, 3.05) is 0 Å². The van der Waals surface area contributed by atoms with Gasteiger partial charge in [-0.2, -0.15) is 0 Å². The molecule has 0 spiro atoms. The van der Waals surface area contributed by atoms with Crippen molar-refractivity contribution in [3.63, 3.8) is 0 Å². The van der Waals surface area contributed by atoms with Crippen molar-refractivity contribution in [3.05, 3.63) is 34.9 Å². The van der Waals surface area contributed by atoms with Crippen molar-refractivity contribution >= 4 is 41.2 Å². The molecule has 0 aliphatic carbocycles. The fourth-order valence-corrected chi connectivity index (χ4v) is 1.12. The van der Waals surface area contributed by atoms with Crippen LogP contribution in [0.4, 0.5) is 0 Å². The Balaban J connectivity index is 2.76. The van der Waals surface area contributed by atoms with Crippen LogP contribution in [0.2, 0.25) is 5.02 Å². The van der Waals surface area contributed by atoms with E-state index in [0.29, 0.717) is 10.9 Å². The maximum absolute atomic E-state index is 5.89. The standard InChI is InChI=1S/C8H8ClNS2/c9-7-4-2-1-3-6(7)5-10-8(11)12/h1-4H,5H2,(H2,10,11,12). The Labute approximate surface area is 87.7 Å². The largest absolute Gasteiger partial charge is 0.267 e. The van der Waals surface area contributed by atoms with Gasteiger partial charge in [-0.25, -0.2) is 0 Å². The van der Waals surface area contributed by atoms with Crippen LogP contribution in [0.25, 0.3) is 0 Å². The Morgan fingerprint density at radius 1 is 1.33 bits per heavy atom. The number of halogens is 1. The molecule has 0 heterocycles. The van der Waals surface area contributed by atoms with Crippen molar-refractivity contribution in [2.24, 2.45) is 4.99 Å². The Morgan fingerprint density at radius 3 is 2.58 bits per heavy atom. The van der Waals surface area contributed by atoms with Crippen LogP contribution in [0.1, 0.15) is 5.56 Å². The maximum atomic E-state index is 5.89. The number of aliphatic imine (C=N–C) groups is 1. The summed E-state index contributed by atoms with van der Waals surface area (Å²) < 4.78 is 0.468. The molecule has 0 aromatic heterocycles. The molecule has 0 fully saturated rings. The summed E-state index contributed by atoms with van der Waals surface area (Å²) in [5.74, 6) is 0. The monoisotopic (exact) mass is 217 g/mol. The lowest BCUT2D eigenvalue weighted by atomic mass is 10.2. The van der Waals surface area contributed by atoms with Gasteiger partial charge in [0.15, 0.2) is 0 Å². The molecular formula is C8H8ClNS2. The SMILES string of the molecule is SC(S)=NCc1ccccc1Cl. The van der Waals surface area contributed by atoms with E-state index in [1.165, 1.54) is 0 Å². The van der Waals surface area contributed by atoms with Crippen molar-refractivity contribution < 1.29 is 0 Å². The topological polar surface area (TPSA) is 12.4 Å². The number of rotatable bonds is 2. The molecule has 1 nitrogen and oxygen atoms in total. The van der Waals surface area contributed by atoms with Gasteiger partial charge in [0.05, 0.1) is 6.54 Å². The average Bonchev–Trinajstić information content (AvgIpc) is 2.03. The van der Waals surface area contributed by atoms with Crippen LogP contribution >= 0.6 is 36.9 Å². The third-order valence-electron chi connectivity index (χ3n) is 1.35. The molecule has 1 aromatic carbocycles. The maximum Gasteiger partial charge on any atom is 0.118 e. The minimum absolute atomic E-state index is 0.468. The predicted molar refractivity (Wildman–Crippen MR) is 60.6 cm³/mol. The van der Waals surface area contributed by atoms with E-state index < -0.39 is 0 Å². The van der Waals surface area contributed by atoms with E-state index in [9.17, 15) is 0 Å². The third-order valence-corrected chi connectivity index (χ3v) is 2.00. The fraction of sp³-hybridized carbons (Fsp3) is 0.125. The summed E-state index contributed by atoms with van der Waals surface area (Å²) >= 11 is 13.8. The molecule has 64 valence electrons. The van der Waals surface area contributed by atoms with E-state index >= 15 is 0 Å². The van der Waals surface area contributed by atoms with Crippen molar-refractivity contribution in [2.45, 2.75) is 6.54 Å². The number of thiol groups is 2. The predicted octanol–water partition coefficient (Wildman–Crippen LogP) is 3.06. The molecule has 4 heteroatoms. The van der Waals surface area contributed by atoms with E-state index in [2.05, 4.69) is 30.2 Å². The first-order valence-corrected chi connectivity index (χ1v) is 4.63. The molecule has 12 heavy (non-hydrogen) atoms. The van der Waals surface area contributed by atoms with Crippen LogP contribution in [0, 0.1) is 0 Å². The second kappa shape index (κ2) is 4.80. The summed E-state index contributed by atoms with van der Waals surface area (Å²) in [6, 6.07) is 7.57. The van der Waals surface area contributed by atoms with Gasteiger partial charge in [-0.15, -0.1) is 25.3 Å². The average molecular weight is 218 g/mol. The Kier molecular flexibility index (Phi) is 3.98. The number of hydrogen-bond acceptors (Lipinski definition) is 1. The first kappa shape index (κ1) is 9.96. The van der Waals surface area contributed by atoms with Crippen LogP contribution in [-0.2, 0) is 6.54 Å². The van der Waals surface area contributed by atoms with Gasteiger partial charge in [-0.05, 0) is 11.6 Å². The van der Waals surface area contributed by atoms with Crippen LogP contribution in [-0.4, -0.2) is 4.38 Å². The lowest BCUT2D eigenvalue weighted by molar-refractivity contribution is 1.08. The van der Waals surface area contributed by atoms with Crippen LogP contribution < -0.4 is 0 Å². The summed E-state index contributed by atoms with van der Waals surface area (Å²) in [5.41, 5.74) is 0.986. The summed E-state index contributed by atoms with van der Waals surface area (Å²) in [4.78, 5) is 4.02. The van der Waals surface area contributed by atoms with Gasteiger partial charge in [0.2, 0.25) is 0 Å². The number of benzene rings is 1. The highest BCUT2D eigenvalue weighted by molar-refractivity contribution is 8.23. The van der Waals surface area contributed by atoms with Gasteiger partial charge < -0.3 is 0 Å². The number of hydrogen-bond donors (Lipinski definition) is 2. The summed E-state index contributed by atoms with van der Waals surface area (Å²) in [5, 5.41) is 0.726. The molecule has 0 bridgehead atoms. The summed E-state index contributed by atoms with van der Waals surface area (Å²) in [7, 11) is 0. The zero-order valence-corrected chi connectivity index (χ0v) is 8.78. The van der Waals surface area contributed by atoms with E-state index in [-0.39, 0.29) is 0 Å². The molecule has 0 aliphatic heterocycles. The molecule has 0 unspecified atom stereocenters. The van der Waals surface area contributed by atoms with Crippen LogP contribution in [0.15, 0.2) is 29.3 Å². The van der Waals surface area contributed by atoms with Gasteiger partial charge >= 0.3 is 0 Å². The lowest BCUT2D eigenvalue weighted by Crippen LogP contribution is -1.83. The molecule has 1 rings (SSSR count). The number of nitrogens with zero attached hydrogens (tertiary/aromatic N) is 1. The molecular weight excluding hydrogens is 210 g/mol. The minimum atomic E-state index is 0.468. The van der Waals surface area contributed by atoms with E-state index in [0.717, 1.165) is 10.6 Å². The van der Waals surface area contributed by atoms with Crippen LogP contribution in [0.5, 0.6) is 0 Å². The molecule has 1 aromatic rings. The molecule has 0 N–H and O–H groups in total. The molecule has 0 atom stereocenters. The van der Waals surface area contributed by atoms with Gasteiger partial charge in [-0.3, -0.25) is 4.99 Å². The Morgan fingerprint density at radius 2 is 2.00 bits per heavy atom. The second-order valence-corrected chi connectivity index (χ2v) is 3.81. The summed E-state index contributed by atoms with van der Waals surface area (Å²) in [6.45, 7) is 0.530. The molecule has 0 aliphatic rings. The van der Waals surface area contributed by atoms with Gasteiger partial charge in [0.1, 0.15) is 4.38 Å². The molecule has 0 radical (unpaired) electrons. The van der Waals surface area contributed by atoms with Gasteiger partial charge in [-0.1, -0.05) is 29.8 Å². The first-order chi connectivity index (χ1) is 5.70. The second-order valence-electron chi connectivity index (χ2n) is 2.21. The zero-order valence-electron chi connectivity index (χ0n) is 6.24. The quantitative estimate of drug-likeness (QED) is 0.429. The van der Waals surface area contributed by atoms with Crippen LogP contribution in [0.3, 0.4) is 0 Å². The highest BCUT2D eigenvalue weighted by atomic mass is 35.5. The Hall–Kier alpha value is -0.120. The van der Waals surface area contributed by atoms with Gasteiger partial charge in [0.25, 0.3) is 0 Å². The highest BCUT2D eigenvalue weighted by Gasteiger charge is 1.95. The summed E-state index contributed by atoms with van der Waals surface area (Å²) in [6.07, 6.45) is 0. The fourth-order valence-electron chi connectivity index (χ4n) is 0.783. The highest BCUT2D eigenvalue weighted by Crippen LogP contribution is 2.15. The van der Waals surface area contributed by atoms with Gasteiger partial charge in [0, 0.05) is 5.02 Å². The van der Waals surface area contributed by atoms with E-state index in [1.807, 2.05) is 24.3 Å². The normalized spacial score (nSPS) is 9.58. The smallest absolute Gasteiger partial charge is 0.118 e. The Bertz CT molecular complexity index is 295. The molecule has 0 saturated carbocycles. The molecule has 0 saturated heterocycles. The zero-order chi connectivity index (χ0) is 8.97. The van der Waals surface area contributed by atoms with Crippen molar-refractivity contribution in [3.8, 4) is 0 Å². The van der Waals surface area contributed by atoms with E-state index in [1.54, 1.807) is 0 Å². The third kappa shape index (κ3) is 3.09. The minimum Gasteiger partial charge on any atom is -0.267 e. The first-order valence-electron chi connectivity index (χ1n) is 3.36. The van der Waals surface area contributed by atoms with E-state index in [4.69, 9.17) is 11.6 Å². The van der Waals surface area contributed by atoms with Crippen molar-refractivity contribution in [1.82, 2.24) is 0 Å². The lowest BCUT2D eigenvalue weighted by Gasteiger charge is -1.98. The molecule has 0 amide bonds.